The van der Waals surface area contributed by atoms with Gasteiger partial charge in [-0.1, -0.05) is 13.8 Å². The van der Waals surface area contributed by atoms with Gasteiger partial charge in [0.2, 0.25) is 0 Å². The van der Waals surface area contributed by atoms with E-state index in [9.17, 15) is 0 Å². The Morgan fingerprint density at radius 3 is 2.53 bits per heavy atom. The van der Waals surface area contributed by atoms with E-state index in [2.05, 4.69) is 18.7 Å². The largest absolute Gasteiger partial charge is 0.496 e. The molecule has 0 spiro atoms. The summed E-state index contributed by atoms with van der Waals surface area (Å²) >= 11 is 0. The number of likely N-dealkylation sites (tertiary alicyclic amines) is 1. The summed E-state index contributed by atoms with van der Waals surface area (Å²) in [6, 6.07) is 5.86. The maximum absolute atomic E-state index is 5.84. The molecule has 1 heterocycles. The molecule has 2 atom stereocenters. The standard InChI is InChI=1S/C14H22N2O/c1-10-7-16(8-11(10)2)9-12-6-13(15)4-5-14(12)17-3/h4-6,10-11H,7-9,15H2,1-3H3. The Hall–Kier alpha value is -1.22. The molecule has 3 heteroatoms. The summed E-state index contributed by atoms with van der Waals surface area (Å²) in [5, 5.41) is 0. The number of hydrogen-bond donors (Lipinski definition) is 1. The van der Waals surface area contributed by atoms with Crippen LogP contribution in [0, 0.1) is 11.8 Å². The van der Waals surface area contributed by atoms with E-state index < -0.39 is 0 Å². The molecular formula is C14H22N2O. The molecule has 0 aromatic heterocycles. The number of nitrogen functional groups attached to an aromatic ring is 1. The number of nitrogens with zero attached hydrogens (tertiary/aromatic N) is 1. The second-order valence-electron chi connectivity index (χ2n) is 5.22. The van der Waals surface area contributed by atoms with Crippen molar-refractivity contribution in [1.29, 1.82) is 0 Å². The minimum atomic E-state index is 0.780. The molecule has 3 nitrogen and oxygen atoms in total. The number of hydrogen-bond acceptors (Lipinski definition) is 3. The van der Waals surface area contributed by atoms with E-state index in [1.54, 1.807) is 7.11 Å². The molecular weight excluding hydrogens is 212 g/mol. The van der Waals surface area contributed by atoms with Gasteiger partial charge in [-0.15, -0.1) is 0 Å². The lowest BCUT2D eigenvalue weighted by molar-refractivity contribution is 0.307. The Balaban J connectivity index is 2.10. The monoisotopic (exact) mass is 234 g/mol. The molecule has 1 aliphatic heterocycles. The SMILES string of the molecule is COc1ccc(N)cc1CN1CC(C)C(C)C1. The molecule has 0 amide bonds. The van der Waals surface area contributed by atoms with Crippen molar-refractivity contribution in [2.24, 2.45) is 11.8 Å². The van der Waals surface area contributed by atoms with Gasteiger partial charge >= 0.3 is 0 Å². The highest BCUT2D eigenvalue weighted by Crippen LogP contribution is 2.27. The van der Waals surface area contributed by atoms with Crippen LogP contribution < -0.4 is 10.5 Å². The van der Waals surface area contributed by atoms with Gasteiger partial charge in [-0.3, -0.25) is 4.90 Å². The van der Waals surface area contributed by atoms with Crippen LogP contribution in [0.3, 0.4) is 0 Å². The Kier molecular flexibility index (Phi) is 3.57. The van der Waals surface area contributed by atoms with Gasteiger partial charge < -0.3 is 10.5 Å². The van der Waals surface area contributed by atoms with E-state index in [4.69, 9.17) is 10.5 Å². The van der Waals surface area contributed by atoms with Crippen LogP contribution in [0.25, 0.3) is 0 Å². The lowest BCUT2D eigenvalue weighted by Crippen LogP contribution is -2.20. The first kappa shape index (κ1) is 12.2. The molecule has 0 saturated carbocycles. The molecule has 1 saturated heterocycles. The van der Waals surface area contributed by atoms with Crippen LogP contribution in [0.5, 0.6) is 5.75 Å². The van der Waals surface area contributed by atoms with Gasteiger partial charge in [-0.05, 0) is 30.0 Å². The van der Waals surface area contributed by atoms with E-state index >= 15 is 0 Å². The summed E-state index contributed by atoms with van der Waals surface area (Å²) in [7, 11) is 1.71. The quantitative estimate of drug-likeness (QED) is 0.816. The van der Waals surface area contributed by atoms with Crippen LogP contribution in [0.4, 0.5) is 5.69 Å². The first-order valence-corrected chi connectivity index (χ1v) is 6.25. The summed E-state index contributed by atoms with van der Waals surface area (Å²) in [5.41, 5.74) is 7.83. The van der Waals surface area contributed by atoms with E-state index in [0.29, 0.717) is 0 Å². The molecule has 1 fully saturated rings. The van der Waals surface area contributed by atoms with Crippen LogP contribution in [-0.4, -0.2) is 25.1 Å². The first-order chi connectivity index (χ1) is 8.10. The Bertz CT molecular complexity index is 382. The molecule has 2 unspecified atom stereocenters. The van der Waals surface area contributed by atoms with Gasteiger partial charge in [0.05, 0.1) is 7.11 Å². The summed E-state index contributed by atoms with van der Waals surface area (Å²) in [6.07, 6.45) is 0. The van der Waals surface area contributed by atoms with Crippen LogP contribution >= 0.6 is 0 Å². The second kappa shape index (κ2) is 4.96. The highest BCUT2D eigenvalue weighted by atomic mass is 16.5. The topological polar surface area (TPSA) is 38.5 Å². The maximum Gasteiger partial charge on any atom is 0.123 e. The molecule has 1 aromatic carbocycles. The Morgan fingerprint density at radius 1 is 1.29 bits per heavy atom. The van der Waals surface area contributed by atoms with Crippen LogP contribution in [0.2, 0.25) is 0 Å². The first-order valence-electron chi connectivity index (χ1n) is 6.25. The molecule has 0 aliphatic carbocycles. The van der Waals surface area contributed by atoms with Crippen molar-refractivity contribution in [3.63, 3.8) is 0 Å². The number of methoxy groups -OCH3 is 1. The fraction of sp³-hybridized carbons (Fsp3) is 0.571. The fourth-order valence-corrected chi connectivity index (χ4v) is 2.54. The predicted molar refractivity (Wildman–Crippen MR) is 71.0 cm³/mol. The molecule has 2 N–H and O–H groups in total. The number of nitrogens with two attached hydrogens (primary N) is 1. The average Bonchev–Trinajstić information content (AvgIpc) is 2.58. The van der Waals surface area contributed by atoms with Crippen molar-refractivity contribution in [2.45, 2.75) is 20.4 Å². The van der Waals surface area contributed by atoms with Gasteiger partial charge in [-0.2, -0.15) is 0 Å². The van der Waals surface area contributed by atoms with Crippen LogP contribution in [-0.2, 0) is 6.54 Å². The number of benzene rings is 1. The lowest BCUT2D eigenvalue weighted by atomic mass is 10.0. The van der Waals surface area contributed by atoms with Crippen molar-refractivity contribution in [3.8, 4) is 5.75 Å². The minimum absolute atomic E-state index is 0.780. The van der Waals surface area contributed by atoms with Crippen molar-refractivity contribution in [2.75, 3.05) is 25.9 Å². The van der Waals surface area contributed by atoms with Crippen molar-refractivity contribution >= 4 is 5.69 Å². The normalized spacial score (nSPS) is 25.1. The zero-order valence-corrected chi connectivity index (χ0v) is 10.9. The highest BCUT2D eigenvalue weighted by molar-refractivity contribution is 5.47. The third-order valence-electron chi connectivity index (χ3n) is 3.76. The zero-order valence-electron chi connectivity index (χ0n) is 10.9. The van der Waals surface area contributed by atoms with Gasteiger partial charge in [-0.25, -0.2) is 0 Å². The lowest BCUT2D eigenvalue weighted by Gasteiger charge is -2.17. The molecule has 2 rings (SSSR count). The van der Waals surface area contributed by atoms with E-state index in [1.165, 1.54) is 18.7 Å². The summed E-state index contributed by atoms with van der Waals surface area (Å²) < 4.78 is 5.38. The summed E-state index contributed by atoms with van der Waals surface area (Å²) in [4.78, 5) is 2.48. The van der Waals surface area contributed by atoms with E-state index in [1.807, 2.05) is 18.2 Å². The Labute approximate surface area is 104 Å². The van der Waals surface area contributed by atoms with Crippen molar-refractivity contribution in [3.05, 3.63) is 23.8 Å². The van der Waals surface area contributed by atoms with Crippen LogP contribution in [0.1, 0.15) is 19.4 Å². The van der Waals surface area contributed by atoms with Gasteiger partial charge in [0.15, 0.2) is 0 Å². The zero-order chi connectivity index (χ0) is 12.4. The number of ether oxygens (including phenoxy) is 1. The average molecular weight is 234 g/mol. The summed E-state index contributed by atoms with van der Waals surface area (Å²) in [5.74, 6) is 2.50. The van der Waals surface area contributed by atoms with E-state index in [0.717, 1.165) is 29.8 Å². The fourth-order valence-electron chi connectivity index (χ4n) is 2.54. The number of anilines is 1. The van der Waals surface area contributed by atoms with Gasteiger partial charge in [0.25, 0.3) is 0 Å². The van der Waals surface area contributed by atoms with Crippen molar-refractivity contribution < 1.29 is 4.74 Å². The Morgan fingerprint density at radius 2 is 1.94 bits per heavy atom. The molecule has 1 aromatic rings. The highest BCUT2D eigenvalue weighted by Gasteiger charge is 2.26. The summed E-state index contributed by atoms with van der Waals surface area (Å²) in [6.45, 7) is 7.91. The third-order valence-corrected chi connectivity index (χ3v) is 3.76. The molecule has 94 valence electrons. The molecule has 1 aliphatic rings. The smallest absolute Gasteiger partial charge is 0.123 e. The second-order valence-corrected chi connectivity index (χ2v) is 5.22. The van der Waals surface area contributed by atoms with Crippen molar-refractivity contribution in [1.82, 2.24) is 4.90 Å². The van der Waals surface area contributed by atoms with Gasteiger partial charge in [0.1, 0.15) is 5.75 Å². The third kappa shape index (κ3) is 2.72. The number of rotatable bonds is 3. The maximum atomic E-state index is 5.84. The molecule has 0 bridgehead atoms. The predicted octanol–water partition coefficient (Wildman–Crippen LogP) is 2.37. The van der Waals surface area contributed by atoms with E-state index in [-0.39, 0.29) is 0 Å². The molecule has 17 heavy (non-hydrogen) atoms. The van der Waals surface area contributed by atoms with Crippen LogP contribution in [0.15, 0.2) is 18.2 Å². The molecule has 0 radical (unpaired) electrons. The van der Waals surface area contributed by atoms with Gasteiger partial charge in [0, 0.05) is 30.9 Å². The minimum Gasteiger partial charge on any atom is -0.496 e.